The molecule has 2 aromatic rings. The molecule has 1 aromatic heterocycles. The van der Waals surface area contributed by atoms with Gasteiger partial charge in [-0.1, -0.05) is 11.6 Å². The van der Waals surface area contributed by atoms with E-state index in [1.54, 1.807) is 11.3 Å². The van der Waals surface area contributed by atoms with E-state index in [2.05, 4.69) is 15.6 Å². The molecule has 6 heteroatoms. The first-order valence-corrected chi connectivity index (χ1v) is 8.45. The number of rotatable bonds is 4. The summed E-state index contributed by atoms with van der Waals surface area (Å²) < 4.78 is 1.14. The molecule has 1 aliphatic rings. The maximum absolute atomic E-state index is 12.0. The van der Waals surface area contributed by atoms with Crippen LogP contribution in [-0.2, 0) is 11.2 Å². The average Bonchev–Trinajstić information content (AvgIpc) is 2.89. The Morgan fingerprint density at radius 2 is 2.43 bits per heavy atom. The fourth-order valence-electron chi connectivity index (χ4n) is 2.57. The maximum atomic E-state index is 12.0. The summed E-state index contributed by atoms with van der Waals surface area (Å²) in [6.07, 6.45) is 2.83. The first-order valence-electron chi connectivity index (χ1n) is 7.26. The van der Waals surface area contributed by atoms with Gasteiger partial charge >= 0.3 is 0 Å². The van der Waals surface area contributed by atoms with Gasteiger partial charge in [-0.25, -0.2) is 4.98 Å². The van der Waals surface area contributed by atoms with Gasteiger partial charge in [0, 0.05) is 24.5 Å². The summed E-state index contributed by atoms with van der Waals surface area (Å²) in [5, 5.41) is 8.02. The third-order valence-electron chi connectivity index (χ3n) is 3.70. The van der Waals surface area contributed by atoms with Gasteiger partial charge in [-0.2, -0.15) is 0 Å². The van der Waals surface area contributed by atoms with Gasteiger partial charge in [0.1, 0.15) is 0 Å². The zero-order valence-electron chi connectivity index (χ0n) is 11.7. The summed E-state index contributed by atoms with van der Waals surface area (Å²) in [6, 6.07) is 5.75. The van der Waals surface area contributed by atoms with Gasteiger partial charge in [0.25, 0.3) is 0 Å². The lowest BCUT2D eigenvalue weighted by Crippen LogP contribution is -2.41. The van der Waals surface area contributed by atoms with E-state index in [-0.39, 0.29) is 11.8 Å². The van der Waals surface area contributed by atoms with E-state index < -0.39 is 0 Å². The van der Waals surface area contributed by atoms with Crippen molar-refractivity contribution >= 4 is 39.1 Å². The van der Waals surface area contributed by atoms with Crippen molar-refractivity contribution in [1.82, 2.24) is 15.6 Å². The van der Waals surface area contributed by atoms with Crippen LogP contribution in [0.4, 0.5) is 0 Å². The predicted molar refractivity (Wildman–Crippen MR) is 86.9 cm³/mol. The fourth-order valence-corrected chi connectivity index (χ4v) is 3.68. The third-order valence-corrected chi connectivity index (χ3v) is 5.03. The molecular formula is C15H18ClN3OS. The highest BCUT2D eigenvalue weighted by Gasteiger charge is 2.20. The smallest absolute Gasteiger partial charge is 0.224 e. The number of piperidine rings is 1. The molecule has 1 fully saturated rings. The highest BCUT2D eigenvalue weighted by molar-refractivity contribution is 7.18. The van der Waals surface area contributed by atoms with E-state index in [0.29, 0.717) is 11.6 Å². The van der Waals surface area contributed by atoms with Crippen LogP contribution in [0.2, 0.25) is 5.02 Å². The number of nitrogens with one attached hydrogen (secondary N) is 2. The fraction of sp³-hybridized carbons (Fsp3) is 0.467. The largest absolute Gasteiger partial charge is 0.355 e. The molecule has 1 saturated heterocycles. The lowest BCUT2D eigenvalue weighted by atomic mass is 9.99. The monoisotopic (exact) mass is 323 g/mol. The minimum Gasteiger partial charge on any atom is -0.355 e. The number of amides is 1. The molecule has 0 radical (unpaired) electrons. The van der Waals surface area contributed by atoms with E-state index >= 15 is 0 Å². The molecule has 1 unspecified atom stereocenters. The van der Waals surface area contributed by atoms with Crippen molar-refractivity contribution in [3.8, 4) is 0 Å². The Balaban J connectivity index is 1.53. The lowest BCUT2D eigenvalue weighted by Gasteiger charge is -2.21. The zero-order valence-corrected chi connectivity index (χ0v) is 13.3. The summed E-state index contributed by atoms with van der Waals surface area (Å²) in [5.74, 6) is 0.277. The molecule has 1 aromatic carbocycles. The number of fused-ring (bicyclic) bond motifs is 1. The highest BCUT2D eigenvalue weighted by atomic mass is 35.5. The molecule has 21 heavy (non-hydrogen) atoms. The summed E-state index contributed by atoms with van der Waals surface area (Å²) in [6.45, 7) is 2.46. The van der Waals surface area contributed by atoms with Crippen molar-refractivity contribution in [2.45, 2.75) is 19.3 Å². The van der Waals surface area contributed by atoms with Crippen molar-refractivity contribution in [3.05, 3.63) is 28.2 Å². The molecule has 3 rings (SSSR count). The number of hydrogen-bond acceptors (Lipinski definition) is 4. The number of carbonyl (C=O) groups excluding carboxylic acids is 1. The van der Waals surface area contributed by atoms with Crippen molar-refractivity contribution in [2.75, 3.05) is 19.6 Å². The van der Waals surface area contributed by atoms with Gasteiger partial charge in [0.15, 0.2) is 0 Å². The molecule has 1 amide bonds. The van der Waals surface area contributed by atoms with Crippen molar-refractivity contribution < 1.29 is 4.79 Å². The summed E-state index contributed by atoms with van der Waals surface area (Å²) in [4.78, 5) is 16.6. The number of nitrogens with zero attached hydrogens (tertiary/aromatic N) is 1. The van der Waals surface area contributed by atoms with Crippen LogP contribution < -0.4 is 10.6 Å². The number of aromatic nitrogens is 1. The van der Waals surface area contributed by atoms with E-state index in [1.165, 1.54) is 0 Å². The second-order valence-electron chi connectivity index (χ2n) is 5.30. The van der Waals surface area contributed by atoms with Crippen molar-refractivity contribution in [3.63, 3.8) is 0 Å². The molecule has 4 nitrogen and oxygen atoms in total. The van der Waals surface area contributed by atoms with Gasteiger partial charge in [-0.3, -0.25) is 4.79 Å². The first-order chi connectivity index (χ1) is 10.2. The van der Waals surface area contributed by atoms with E-state index in [1.807, 2.05) is 18.2 Å². The quantitative estimate of drug-likeness (QED) is 0.909. The Hall–Kier alpha value is -1.17. The molecule has 0 bridgehead atoms. The molecule has 0 saturated carbocycles. The number of halogens is 1. The van der Waals surface area contributed by atoms with Crippen LogP contribution >= 0.6 is 22.9 Å². The second-order valence-corrected chi connectivity index (χ2v) is 6.86. The summed E-state index contributed by atoms with van der Waals surface area (Å²) in [5.41, 5.74) is 0.935. The average molecular weight is 324 g/mol. The van der Waals surface area contributed by atoms with Crippen LogP contribution in [0.5, 0.6) is 0 Å². The molecule has 2 N–H and O–H groups in total. The number of thiazole rings is 1. The summed E-state index contributed by atoms with van der Waals surface area (Å²) in [7, 11) is 0. The third kappa shape index (κ3) is 3.73. The Kier molecular flexibility index (Phi) is 4.73. The molecular weight excluding hydrogens is 306 g/mol. The van der Waals surface area contributed by atoms with E-state index in [4.69, 9.17) is 11.6 Å². The van der Waals surface area contributed by atoms with Crippen LogP contribution in [-0.4, -0.2) is 30.5 Å². The van der Waals surface area contributed by atoms with Gasteiger partial charge in [-0.05, 0) is 37.6 Å². The van der Waals surface area contributed by atoms with Crippen LogP contribution in [0.25, 0.3) is 10.2 Å². The second kappa shape index (κ2) is 6.73. The zero-order chi connectivity index (χ0) is 14.7. The number of hydrogen-bond donors (Lipinski definition) is 2. The molecule has 112 valence electrons. The maximum Gasteiger partial charge on any atom is 0.224 e. The Morgan fingerprint density at radius 1 is 1.52 bits per heavy atom. The lowest BCUT2D eigenvalue weighted by molar-refractivity contribution is -0.125. The highest BCUT2D eigenvalue weighted by Crippen LogP contribution is 2.25. The van der Waals surface area contributed by atoms with E-state index in [9.17, 15) is 4.79 Å². The Bertz CT molecular complexity index is 637. The van der Waals surface area contributed by atoms with Gasteiger partial charge in [-0.15, -0.1) is 11.3 Å². The van der Waals surface area contributed by atoms with Crippen molar-refractivity contribution in [1.29, 1.82) is 0 Å². The Labute approximate surface area is 132 Å². The molecule has 0 spiro atoms. The SMILES string of the molecule is O=C(NCCc1nc2cc(Cl)ccc2s1)C1CCCNC1. The van der Waals surface area contributed by atoms with Gasteiger partial charge < -0.3 is 10.6 Å². The van der Waals surface area contributed by atoms with Gasteiger partial charge in [0.05, 0.1) is 21.1 Å². The van der Waals surface area contributed by atoms with E-state index in [0.717, 1.165) is 47.6 Å². The topological polar surface area (TPSA) is 54.0 Å². The van der Waals surface area contributed by atoms with Crippen LogP contribution in [0, 0.1) is 5.92 Å². The Morgan fingerprint density at radius 3 is 3.24 bits per heavy atom. The number of benzene rings is 1. The molecule has 1 aliphatic heterocycles. The predicted octanol–water partition coefficient (Wildman–Crippen LogP) is 2.61. The standard InChI is InChI=1S/C15H18ClN3OS/c16-11-3-4-13-12(8-11)19-14(21-13)5-7-18-15(20)10-2-1-6-17-9-10/h3-4,8,10,17H,1-2,5-7,9H2,(H,18,20). The molecule has 1 atom stereocenters. The minimum absolute atomic E-state index is 0.118. The molecule has 0 aliphatic carbocycles. The van der Waals surface area contributed by atoms with Crippen LogP contribution in [0.15, 0.2) is 18.2 Å². The molecule has 2 heterocycles. The van der Waals surface area contributed by atoms with Crippen molar-refractivity contribution in [2.24, 2.45) is 5.92 Å². The number of carbonyl (C=O) groups is 1. The van der Waals surface area contributed by atoms with Crippen LogP contribution in [0.3, 0.4) is 0 Å². The van der Waals surface area contributed by atoms with Gasteiger partial charge in [0.2, 0.25) is 5.91 Å². The van der Waals surface area contributed by atoms with Crippen LogP contribution in [0.1, 0.15) is 17.8 Å². The minimum atomic E-state index is 0.118. The first kappa shape index (κ1) is 14.8. The summed E-state index contributed by atoms with van der Waals surface area (Å²) >= 11 is 7.62. The normalized spacial score (nSPS) is 18.8.